The smallest absolute Gasteiger partial charge is 0.356 e. The summed E-state index contributed by atoms with van der Waals surface area (Å²) in [5.74, 6) is -3.25. The third-order valence-corrected chi connectivity index (χ3v) is 11.2. The third-order valence-electron chi connectivity index (χ3n) is 9.46. The number of carbonyl (C=O) groups is 4. The number of carbonyl (C=O) groups excluding carboxylic acids is 4. The maximum absolute atomic E-state index is 14.1. The average molecular weight is 686 g/mol. The highest BCUT2D eigenvalue weighted by Gasteiger charge is 2.70. The Kier molecular flexibility index (Phi) is 8.59. The summed E-state index contributed by atoms with van der Waals surface area (Å²) >= 11 is 0.766. The van der Waals surface area contributed by atoms with Crippen molar-refractivity contribution < 1.29 is 40.8 Å². The molecule has 1 saturated carbocycles. The number of amides is 3. The van der Waals surface area contributed by atoms with E-state index < -0.39 is 68.8 Å². The van der Waals surface area contributed by atoms with Gasteiger partial charge in [0.2, 0.25) is 33.5 Å². The van der Waals surface area contributed by atoms with Gasteiger partial charge in [0.1, 0.15) is 12.1 Å². The molecule has 3 N–H and O–H groups in total. The van der Waals surface area contributed by atoms with Crippen LogP contribution in [0.15, 0.2) is 18.2 Å². The number of piperidine rings is 1. The SMILES string of the molecule is CC(C)(C)[C@H](NS(C)(=O)=O)C(=O)N1C[C@H]2[C@@H]([C@H]1C(=O)N[C@@H](C[C@@H]1CCNC1=O)C(=O)c1nc3c(C(F)(F)F)cccc3s1)C2(C)C. The Labute approximate surface area is 269 Å². The number of para-hydroxylation sites is 1. The minimum atomic E-state index is -4.70. The van der Waals surface area contributed by atoms with E-state index in [-0.39, 0.29) is 51.3 Å². The van der Waals surface area contributed by atoms with Crippen LogP contribution in [0.25, 0.3) is 10.2 Å². The van der Waals surface area contributed by atoms with Crippen molar-refractivity contribution in [2.45, 2.75) is 71.8 Å². The lowest BCUT2D eigenvalue weighted by atomic mass is 9.86. The molecule has 3 fully saturated rings. The number of hydrogen-bond acceptors (Lipinski definition) is 8. The molecular weight excluding hydrogens is 647 g/mol. The van der Waals surface area contributed by atoms with Crippen molar-refractivity contribution in [3.05, 3.63) is 28.8 Å². The summed E-state index contributed by atoms with van der Waals surface area (Å²) in [6, 6.07) is -0.0156. The van der Waals surface area contributed by atoms with Crippen LogP contribution >= 0.6 is 11.3 Å². The van der Waals surface area contributed by atoms with Crippen LogP contribution in [-0.4, -0.2) is 79.3 Å². The van der Waals surface area contributed by atoms with Crippen molar-refractivity contribution in [2.75, 3.05) is 19.3 Å². The molecule has 1 aromatic carbocycles. The lowest BCUT2D eigenvalue weighted by Gasteiger charge is -2.37. The molecule has 2 saturated heterocycles. The van der Waals surface area contributed by atoms with E-state index in [4.69, 9.17) is 0 Å². The van der Waals surface area contributed by atoms with Gasteiger partial charge in [0.15, 0.2) is 5.01 Å². The summed E-state index contributed by atoms with van der Waals surface area (Å²) in [5, 5.41) is 5.19. The molecular formula is C30H38F3N5O6S2. The zero-order chi connectivity index (χ0) is 34.1. The molecule has 0 bridgehead atoms. The van der Waals surface area contributed by atoms with Gasteiger partial charge in [0, 0.05) is 19.0 Å². The van der Waals surface area contributed by atoms with Crippen LogP contribution in [0.4, 0.5) is 13.2 Å². The Morgan fingerprint density at radius 3 is 2.43 bits per heavy atom. The van der Waals surface area contributed by atoms with E-state index >= 15 is 0 Å². The first kappa shape index (κ1) is 34.2. The molecule has 2 aromatic rings. The van der Waals surface area contributed by atoms with Crippen LogP contribution < -0.4 is 15.4 Å². The van der Waals surface area contributed by atoms with Crippen molar-refractivity contribution in [1.29, 1.82) is 0 Å². The second-order valence-corrected chi connectivity index (χ2v) is 17.0. The van der Waals surface area contributed by atoms with Gasteiger partial charge in [-0.1, -0.05) is 40.7 Å². The Morgan fingerprint density at radius 1 is 1.20 bits per heavy atom. The van der Waals surface area contributed by atoms with E-state index in [0.717, 1.165) is 23.7 Å². The minimum Gasteiger partial charge on any atom is -0.356 e. The molecule has 0 unspecified atom stereocenters. The van der Waals surface area contributed by atoms with Crippen molar-refractivity contribution >= 4 is 55.1 Å². The van der Waals surface area contributed by atoms with Gasteiger partial charge in [-0.2, -0.15) is 13.2 Å². The molecule has 16 heteroatoms. The highest BCUT2D eigenvalue weighted by molar-refractivity contribution is 7.88. The molecule has 2 aliphatic heterocycles. The van der Waals surface area contributed by atoms with Gasteiger partial charge in [0.05, 0.1) is 28.1 Å². The number of ketones is 1. The molecule has 3 aliphatic rings. The molecule has 5 rings (SSSR count). The normalized spacial score (nSPS) is 25.6. The van der Waals surface area contributed by atoms with Crippen molar-refractivity contribution in [3.63, 3.8) is 0 Å². The zero-order valence-corrected chi connectivity index (χ0v) is 28.0. The van der Waals surface area contributed by atoms with E-state index in [1.54, 1.807) is 20.8 Å². The minimum absolute atomic E-state index is 0.0501. The number of Topliss-reactive ketones (excluding diaryl/α,β-unsaturated/α-hetero) is 1. The molecule has 3 heterocycles. The second kappa shape index (κ2) is 11.5. The van der Waals surface area contributed by atoms with E-state index in [2.05, 4.69) is 20.3 Å². The molecule has 6 atom stereocenters. The topological polar surface area (TPSA) is 155 Å². The highest BCUT2D eigenvalue weighted by atomic mass is 32.2. The molecule has 11 nitrogen and oxygen atoms in total. The summed E-state index contributed by atoms with van der Waals surface area (Å²) in [6.07, 6.45) is -3.47. The number of aromatic nitrogens is 1. The lowest BCUT2D eigenvalue weighted by molar-refractivity contribution is -0.143. The molecule has 0 radical (unpaired) electrons. The standard InChI is InChI=1S/C30H38F3N5O6S2/c1-28(2,3)23(37-46(6,43)44)27(42)38-13-16-19(29(16,4)5)21(38)25(41)35-17(12-14-10-11-34-24(14)40)22(39)26-36-20-15(30(31,32)33)8-7-9-18(20)45-26/h7-9,14,16-17,19,21,23,37H,10-13H2,1-6H3,(H,34,40)(H,35,41)/t14-,16-,17-,19-,21-,23+/m0/s1. The van der Waals surface area contributed by atoms with E-state index in [9.17, 15) is 40.8 Å². The lowest BCUT2D eigenvalue weighted by Crippen LogP contribution is -2.60. The first-order valence-electron chi connectivity index (χ1n) is 15.0. The third kappa shape index (κ3) is 6.52. The number of likely N-dealkylation sites (tertiary alicyclic amines) is 1. The molecule has 252 valence electrons. The summed E-state index contributed by atoms with van der Waals surface area (Å²) in [7, 11) is -3.80. The number of sulfonamides is 1. The number of fused-ring (bicyclic) bond motifs is 2. The summed E-state index contributed by atoms with van der Waals surface area (Å²) in [4.78, 5) is 59.9. The summed E-state index contributed by atoms with van der Waals surface area (Å²) in [5.41, 5.74) is -2.53. The number of nitrogens with zero attached hydrogens (tertiary/aromatic N) is 2. The maximum atomic E-state index is 14.1. The quantitative estimate of drug-likeness (QED) is 0.343. The first-order chi connectivity index (χ1) is 21.1. The second-order valence-electron chi connectivity index (χ2n) is 14.2. The summed E-state index contributed by atoms with van der Waals surface area (Å²) in [6.45, 7) is 9.61. The number of hydrogen-bond donors (Lipinski definition) is 3. The highest BCUT2D eigenvalue weighted by Crippen LogP contribution is 2.65. The number of benzene rings is 1. The van der Waals surface area contributed by atoms with Crippen LogP contribution in [-0.2, 0) is 30.6 Å². The van der Waals surface area contributed by atoms with Crippen molar-refractivity contribution in [2.24, 2.45) is 28.6 Å². The zero-order valence-electron chi connectivity index (χ0n) is 26.3. The Hall–Kier alpha value is -3.11. The Bertz CT molecular complexity index is 1700. The fraction of sp³-hybridized carbons (Fsp3) is 0.633. The maximum Gasteiger partial charge on any atom is 0.418 e. The average Bonchev–Trinajstić information content (AvgIpc) is 3.44. The Balaban J connectivity index is 1.47. The largest absolute Gasteiger partial charge is 0.418 e. The van der Waals surface area contributed by atoms with Gasteiger partial charge in [-0.25, -0.2) is 18.1 Å². The van der Waals surface area contributed by atoms with E-state index in [0.29, 0.717) is 13.0 Å². The number of alkyl halides is 3. The molecule has 1 aliphatic carbocycles. The van der Waals surface area contributed by atoms with Gasteiger partial charge < -0.3 is 15.5 Å². The van der Waals surface area contributed by atoms with Gasteiger partial charge >= 0.3 is 6.18 Å². The van der Waals surface area contributed by atoms with Crippen molar-refractivity contribution in [3.8, 4) is 0 Å². The number of rotatable bonds is 9. The predicted molar refractivity (Wildman–Crippen MR) is 164 cm³/mol. The molecule has 1 aromatic heterocycles. The van der Waals surface area contributed by atoms with Crippen molar-refractivity contribution in [1.82, 2.24) is 25.2 Å². The van der Waals surface area contributed by atoms with Crippen LogP contribution in [0.5, 0.6) is 0 Å². The van der Waals surface area contributed by atoms with E-state index in [1.165, 1.54) is 17.0 Å². The number of halogens is 3. The fourth-order valence-corrected chi connectivity index (χ4v) is 8.74. The Morgan fingerprint density at radius 2 is 1.87 bits per heavy atom. The van der Waals surface area contributed by atoms with Crippen LogP contribution in [0.3, 0.4) is 0 Å². The van der Waals surface area contributed by atoms with Gasteiger partial charge in [-0.15, -0.1) is 11.3 Å². The van der Waals surface area contributed by atoms with E-state index in [1.807, 2.05) is 13.8 Å². The number of thiazole rings is 1. The monoisotopic (exact) mass is 685 g/mol. The first-order valence-corrected chi connectivity index (χ1v) is 17.7. The molecule has 46 heavy (non-hydrogen) atoms. The fourth-order valence-electron chi connectivity index (χ4n) is 6.87. The van der Waals surface area contributed by atoms with Gasteiger partial charge in [0.25, 0.3) is 0 Å². The van der Waals surface area contributed by atoms with Crippen LogP contribution in [0.1, 0.15) is 62.8 Å². The molecule has 3 amide bonds. The predicted octanol–water partition coefficient (Wildman–Crippen LogP) is 2.96. The number of nitrogens with one attached hydrogen (secondary N) is 3. The molecule has 0 spiro atoms. The van der Waals surface area contributed by atoms with Gasteiger partial charge in [-0.05, 0) is 47.6 Å². The summed E-state index contributed by atoms with van der Waals surface area (Å²) < 4.78 is 68.0. The van der Waals surface area contributed by atoms with Crippen LogP contribution in [0, 0.1) is 28.6 Å². The van der Waals surface area contributed by atoms with Gasteiger partial charge in [-0.3, -0.25) is 19.2 Å². The van der Waals surface area contributed by atoms with Crippen LogP contribution in [0.2, 0.25) is 0 Å².